The minimum atomic E-state index is -4.78. The molecule has 0 fully saturated rings. The number of halogens is 4. The number of carbonyl (C=O) groups is 1. The van der Waals surface area contributed by atoms with Gasteiger partial charge in [-0.2, -0.15) is 0 Å². The first-order valence-corrected chi connectivity index (χ1v) is 8.26. The van der Waals surface area contributed by atoms with Gasteiger partial charge in [0.05, 0.1) is 10.2 Å². The minimum absolute atomic E-state index is 0.139. The van der Waals surface area contributed by atoms with Crippen LogP contribution < -0.4 is 15.4 Å². The molecule has 1 aromatic carbocycles. The number of rotatable bonds is 4. The van der Waals surface area contributed by atoms with E-state index in [1.54, 1.807) is 7.05 Å². The normalized spacial score (nSPS) is 11.4. The van der Waals surface area contributed by atoms with Crippen LogP contribution in [0.4, 0.5) is 24.1 Å². The third-order valence-electron chi connectivity index (χ3n) is 3.13. The van der Waals surface area contributed by atoms with Crippen LogP contribution in [0, 0.1) is 0 Å². The summed E-state index contributed by atoms with van der Waals surface area (Å²) < 4.78 is 41.2. The number of hydrogen-bond acceptors (Lipinski definition) is 6. The van der Waals surface area contributed by atoms with E-state index in [0.717, 1.165) is 17.4 Å². The Morgan fingerprint density at radius 2 is 2.00 bits per heavy atom. The zero-order valence-corrected chi connectivity index (χ0v) is 14.6. The Morgan fingerprint density at radius 1 is 1.23 bits per heavy atom. The average molecular weight is 403 g/mol. The number of pyridine rings is 1. The number of nitrogens with one attached hydrogen (secondary N) is 2. The molecule has 2 N–H and O–H groups in total. The molecule has 0 unspecified atom stereocenters. The van der Waals surface area contributed by atoms with Gasteiger partial charge in [0.2, 0.25) is 0 Å². The fourth-order valence-electron chi connectivity index (χ4n) is 2.08. The summed E-state index contributed by atoms with van der Waals surface area (Å²) in [7, 11) is 1.63. The highest BCUT2D eigenvalue weighted by Crippen LogP contribution is 2.31. The molecule has 0 saturated carbocycles. The predicted molar refractivity (Wildman–Crippen MR) is 93.0 cm³/mol. The van der Waals surface area contributed by atoms with Crippen molar-refractivity contribution in [2.75, 3.05) is 17.7 Å². The molecule has 0 saturated heterocycles. The average Bonchev–Trinajstić information content (AvgIpc) is 2.94. The number of nitrogens with zero attached hydrogens (tertiary/aromatic N) is 2. The molecule has 0 bridgehead atoms. The highest BCUT2D eigenvalue weighted by molar-refractivity contribution is 7.22. The van der Waals surface area contributed by atoms with E-state index in [0.29, 0.717) is 16.0 Å². The summed E-state index contributed by atoms with van der Waals surface area (Å²) in [6.45, 7) is 0. The fourth-order valence-corrected chi connectivity index (χ4v) is 3.18. The molecule has 0 radical (unpaired) electrons. The number of anilines is 2. The van der Waals surface area contributed by atoms with Gasteiger partial charge in [0, 0.05) is 18.7 Å². The minimum Gasteiger partial charge on any atom is -0.406 e. The first-order chi connectivity index (χ1) is 12.2. The van der Waals surface area contributed by atoms with Crippen molar-refractivity contribution in [3.8, 4) is 5.75 Å². The number of carbonyl (C=O) groups excluding carboxylic acids is 1. The van der Waals surface area contributed by atoms with Gasteiger partial charge < -0.3 is 10.1 Å². The van der Waals surface area contributed by atoms with E-state index in [2.05, 4.69) is 25.3 Å². The Morgan fingerprint density at radius 3 is 2.69 bits per heavy atom. The van der Waals surface area contributed by atoms with Crippen LogP contribution in [0.5, 0.6) is 5.75 Å². The summed E-state index contributed by atoms with van der Waals surface area (Å²) in [6.07, 6.45) is -4.78. The number of amides is 1. The van der Waals surface area contributed by atoms with Gasteiger partial charge in [-0.1, -0.05) is 22.9 Å². The number of thiazole rings is 1. The maximum Gasteiger partial charge on any atom is 0.573 e. The number of alkyl halides is 3. The van der Waals surface area contributed by atoms with Crippen LogP contribution >= 0.6 is 22.9 Å². The van der Waals surface area contributed by atoms with Crippen LogP contribution in [0.1, 0.15) is 10.4 Å². The van der Waals surface area contributed by atoms with E-state index in [-0.39, 0.29) is 21.6 Å². The van der Waals surface area contributed by atoms with E-state index in [1.807, 2.05) is 0 Å². The second-order valence-electron chi connectivity index (χ2n) is 4.96. The summed E-state index contributed by atoms with van der Waals surface area (Å²) in [5.74, 6) is -0.413. The largest absolute Gasteiger partial charge is 0.573 e. The number of fused-ring (bicyclic) bond motifs is 1. The Hall–Kier alpha value is -2.59. The van der Waals surface area contributed by atoms with Crippen LogP contribution in [0.15, 0.2) is 30.3 Å². The van der Waals surface area contributed by atoms with Crippen molar-refractivity contribution in [1.82, 2.24) is 9.97 Å². The number of hydrogen-bond donors (Lipinski definition) is 2. The summed E-state index contributed by atoms with van der Waals surface area (Å²) in [4.78, 5) is 20.5. The van der Waals surface area contributed by atoms with E-state index in [9.17, 15) is 18.0 Å². The van der Waals surface area contributed by atoms with Gasteiger partial charge in [-0.25, -0.2) is 9.97 Å². The molecule has 3 aromatic rings. The fraction of sp³-hybridized carbons (Fsp3) is 0.133. The molecule has 11 heteroatoms. The summed E-state index contributed by atoms with van der Waals surface area (Å²) in [5, 5.41) is 5.73. The molecule has 0 aliphatic rings. The lowest BCUT2D eigenvalue weighted by molar-refractivity contribution is -0.274. The van der Waals surface area contributed by atoms with Crippen molar-refractivity contribution in [3.05, 3.63) is 41.0 Å². The van der Waals surface area contributed by atoms with Crippen molar-refractivity contribution >= 4 is 50.0 Å². The van der Waals surface area contributed by atoms with E-state index in [1.165, 1.54) is 24.3 Å². The van der Waals surface area contributed by atoms with Gasteiger partial charge >= 0.3 is 6.36 Å². The van der Waals surface area contributed by atoms with Crippen LogP contribution in [0.3, 0.4) is 0 Å². The Bertz CT molecular complexity index is 977. The lowest BCUT2D eigenvalue weighted by Crippen LogP contribution is -2.16. The zero-order valence-electron chi connectivity index (χ0n) is 13.0. The van der Waals surface area contributed by atoms with E-state index < -0.39 is 12.3 Å². The molecule has 1 amide bonds. The second-order valence-corrected chi connectivity index (χ2v) is 6.38. The standard InChI is InChI=1S/C15H10ClF3N4O2S/c1-20-12-5-7(4-11(16)22-12)13(24)23-14-21-9-3-2-8(6-10(9)26-14)25-15(17,18)19/h2-6H,1H3,(H,20,22)(H,21,23,24). The number of benzene rings is 1. The van der Waals surface area contributed by atoms with Gasteiger partial charge in [0.15, 0.2) is 5.13 Å². The third-order valence-corrected chi connectivity index (χ3v) is 4.25. The van der Waals surface area contributed by atoms with Gasteiger partial charge in [0.25, 0.3) is 5.91 Å². The summed E-state index contributed by atoms with van der Waals surface area (Å²) in [6, 6.07) is 6.64. The molecular formula is C15H10ClF3N4O2S. The summed E-state index contributed by atoms with van der Waals surface area (Å²) >= 11 is 6.88. The second kappa shape index (κ2) is 6.96. The van der Waals surface area contributed by atoms with Crippen molar-refractivity contribution in [1.29, 1.82) is 0 Å². The van der Waals surface area contributed by atoms with Crippen molar-refractivity contribution in [2.45, 2.75) is 6.36 Å². The molecular weight excluding hydrogens is 393 g/mol. The Kier molecular flexibility index (Phi) is 4.88. The van der Waals surface area contributed by atoms with Crippen LogP contribution in [-0.4, -0.2) is 29.3 Å². The molecule has 6 nitrogen and oxygen atoms in total. The maximum absolute atomic E-state index is 12.3. The van der Waals surface area contributed by atoms with Gasteiger partial charge in [0.1, 0.15) is 16.7 Å². The molecule has 26 heavy (non-hydrogen) atoms. The van der Waals surface area contributed by atoms with Crippen LogP contribution in [-0.2, 0) is 0 Å². The molecule has 3 rings (SSSR count). The lowest BCUT2D eigenvalue weighted by Gasteiger charge is -2.07. The molecule has 136 valence electrons. The topological polar surface area (TPSA) is 76.1 Å². The van der Waals surface area contributed by atoms with E-state index in [4.69, 9.17) is 11.6 Å². The molecule has 0 atom stereocenters. The van der Waals surface area contributed by atoms with Gasteiger partial charge in [-0.05, 0) is 24.3 Å². The first-order valence-electron chi connectivity index (χ1n) is 7.06. The molecule has 2 aromatic heterocycles. The van der Waals surface area contributed by atoms with Gasteiger partial charge in [-0.15, -0.1) is 13.2 Å². The molecule has 0 aliphatic carbocycles. The SMILES string of the molecule is CNc1cc(C(=O)Nc2nc3ccc(OC(F)(F)F)cc3s2)cc(Cl)n1. The molecule has 0 aliphatic heterocycles. The highest BCUT2D eigenvalue weighted by Gasteiger charge is 2.31. The van der Waals surface area contributed by atoms with E-state index >= 15 is 0 Å². The van der Waals surface area contributed by atoms with Crippen molar-refractivity contribution in [2.24, 2.45) is 0 Å². The van der Waals surface area contributed by atoms with Gasteiger partial charge in [-0.3, -0.25) is 10.1 Å². The molecule has 0 spiro atoms. The third kappa shape index (κ3) is 4.33. The Labute approximate surface area is 154 Å². The maximum atomic E-state index is 12.3. The lowest BCUT2D eigenvalue weighted by atomic mass is 10.2. The molecule has 2 heterocycles. The highest BCUT2D eigenvalue weighted by atomic mass is 35.5. The van der Waals surface area contributed by atoms with Crippen LogP contribution in [0.2, 0.25) is 5.15 Å². The zero-order chi connectivity index (χ0) is 18.9. The monoisotopic (exact) mass is 402 g/mol. The first kappa shape index (κ1) is 18.2. The van der Waals surface area contributed by atoms with Crippen LogP contribution in [0.25, 0.3) is 10.2 Å². The van der Waals surface area contributed by atoms with Crippen molar-refractivity contribution in [3.63, 3.8) is 0 Å². The van der Waals surface area contributed by atoms with Crippen molar-refractivity contribution < 1.29 is 22.7 Å². The quantitative estimate of drug-likeness (QED) is 0.627. The number of aromatic nitrogens is 2. The smallest absolute Gasteiger partial charge is 0.406 e. The Balaban J connectivity index is 1.82. The predicted octanol–water partition coefficient (Wildman–Crippen LogP) is 4.54. The summed E-state index contributed by atoms with van der Waals surface area (Å²) in [5.41, 5.74) is 0.693. The number of ether oxygens (including phenoxy) is 1.